The number of hydrogen-bond acceptors (Lipinski definition) is 5. The first-order valence-electron chi connectivity index (χ1n) is 8.69. The summed E-state index contributed by atoms with van der Waals surface area (Å²) in [5.74, 6) is 0.625. The lowest BCUT2D eigenvalue weighted by molar-refractivity contribution is -0.120. The predicted molar refractivity (Wildman–Crippen MR) is 100 cm³/mol. The van der Waals surface area contributed by atoms with Crippen molar-refractivity contribution in [2.24, 2.45) is 0 Å². The third-order valence-corrected chi connectivity index (χ3v) is 5.11. The summed E-state index contributed by atoms with van der Waals surface area (Å²) >= 11 is 1.48. The number of aromatic nitrogens is 3. The van der Waals surface area contributed by atoms with Crippen molar-refractivity contribution in [3.63, 3.8) is 0 Å². The molecule has 0 aliphatic rings. The summed E-state index contributed by atoms with van der Waals surface area (Å²) in [7, 11) is 0. The summed E-state index contributed by atoms with van der Waals surface area (Å²) < 4.78 is 14.8. The van der Waals surface area contributed by atoms with E-state index in [2.05, 4.69) is 22.3 Å². The Morgan fingerprint density at radius 2 is 2.15 bits per heavy atom. The highest BCUT2D eigenvalue weighted by Crippen LogP contribution is 2.28. The topological polar surface area (TPSA) is 80.0 Å². The van der Waals surface area contributed by atoms with Crippen LogP contribution in [-0.4, -0.2) is 43.8 Å². The predicted octanol–water partition coefficient (Wildman–Crippen LogP) is 2.34. The Balaban J connectivity index is 1.92. The van der Waals surface area contributed by atoms with Crippen molar-refractivity contribution in [2.45, 2.75) is 38.3 Å². The van der Waals surface area contributed by atoms with Crippen LogP contribution in [0.5, 0.6) is 0 Å². The highest BCUT2D eigenvalue weighted by molar-refractivity contribution is 7.99. The van der Waals surface area contributed by atoms with Gasteiger partial charge in [-0.25, -0.2) is 14.1 Å². The first-order chi connectivity index (χ1) is 12.5. The number of aliphatic hydroxyl groups is 1. The molecule has 8 heteroatoms. The number of carbonyl (C=O) groups excluding carboxylic acids is 1. The molecule has 2 N–H and O–H groups in total. The van der Waals surface area contributed by atoms with Gasteiger partial charge in [0.25, 0.3) is 0 Å². The SMILES string of the molecule is CCCCNC(=O)CCSCC(O)(Cn1cncn1)c1ccc(F)cc1. The van der Waals surface area contributed by atoms with E-state index in [-0.39, 0.29) is 18.3 Å². The molecule has 0 radical (unpaired) electrons. The van der Waals surface area contributed by atoms with Crippen molar-refractivity contribution < 1.29 is 14.3 Å². The minimum absolute atomic E-state index is 0.0209. The number of nitrogens with one attached hydrogen (secondary N) is 1. The van der Waals surface area contributed by atoms with Gasteiger partial charge in [-0.2, -0.15) is 16.9 Å². The first kappa shape index (κ1) is 20.4. The van der Waals surface area contributed by atoms with E-state index in [1.165, 1.54) is 36.5 Å². The number of hydrogen-bond donors (Lipinski definition) is 2. The van der Waals surface area contributed by atoms with Crippen LogP contribution < -0.4 is 5.32 Å². The van der Waals surface area contributed by atoms with Crippen LogP contribution in [0.1, 0.15) is 31.7 Å². The standard InChI is InChI=1S/C18H25FN4O2S/c1-2-3-9-21-17(24)8-10-26-12-18(25,11-23-14-20-13-22-23)15-4-6-16(19)7-5-15/h4-7,13-14,25H,2-3,8-12H2,1H3,(H,21,24). The van der Waals surface area contributed by atoms with Crippen LogP contribution in [0.25, 0.3) is 0 Å². The lowest BCUT2D eigenvalue weighted by Crippen LogP contribution is -2.35. The number of halogens is 1. The summed E-state index contributed by atoms with van der Waals surface area (Å²) in [6, 6.07) is 5.80. The van der Waals surface area contributed by atoms with E-state index in [4.69, 9.17) is 0 Å². The molecule has 1 amide bonds. The maximum atomic E-state index is 13.2. The van der Waals surface area contributed by atoms with Gasteiger partial charge in [0.2, 0.25) is 5.91 Å². The molecule has 26 heavy (non-hydrogen) atoms. The number of carbonyl (C=O) groups is 1. The van der Waals surface area contributed by atoms with Crippen molar-refractivity contribution in [1.29, 1.82) is 0 Å². The maximum Gasteiger partial charge on any atom is 0.220 e. The molecule has 2 rings (SSSR count). The fraction of sp³-hybridized carbons (Fsp3) is 0.500. The number of rotatable bonds is 11. The van der Waals surface area contributed by atoms with Crippen LogP contribution in [0.4, 0.5) is 4.39 Å². The van der Waals surface area contributed by atoms with E-state index in [0.29, 0.717) is 30.0 Å². The molecule has 0 saturated heterocycles. The second-order valence-electron chi connectivity index (χ2n) is 6.14. The average molecular weight is 380 g/mol. The quantitative estimate of drug-likeness (QED) is 0.585. The van der Waals surface area contributed by atoms with Crippen LogP contribution in [-0.2, 0) is 16.9 Å². The molecule has 1 heterocycles. The van der Waals surface area contributed by atoms with Gasteiger partial charge in [-0.3, -0.25) is 4.79 Å². The van der Waals surface area contributed by atoms with Crippen LogP contribution in [0.15, 0.2) is 36.9 Å². The summed E-state index contributed by atoms with van der Waals surface area (Å²) in [6.45, 7) is 2.98. The monoisotopic (exact) mass is 380 g/mol. The van der Waals surface area contributed by atoms with E-state index in [1.807, 2.05) is 0 Å². The average Bonchev–Trinajstić information content (AvgIpc) is 3.12. The van der Waals surface area contributed by atoms with Gasteiger partial charge in [-0.05, 0) is 24.1 Å². The first-order valence-corrected chi connectivity index (χ1v) is 9.84. The molecule has 1 aromatic heterocycles. The van der Waals surface area contributed by atoms with Gasteiger partial charge in [0, 0.05) is 24.5 Å². The Morgan fingerprint density at radius 1 is 1.38 bits per heavy atom. The molecule has 142 valence electrons. The van der Waals surface area contributed by atoms with Gasteiger partial charge in [-0.15, -0.1) is 0 Å². The zero-order chi connectivity index (χ0) is 18.8. The highest BCUT2D eigenvalue weighted by atomic mass is 32.2. The molecule has 1 aromatic carbocycles. The van der Waals surface area contributed by atoms with E-state index >= 15 is 0 Å². The van der Waals surface area contributed by atoms with Gasteiger partial charge in [0.15, 0.2) is 0 Å². The Kier molecular flexibility index (Phi) is 8.06. The van der Waals surface area contributed by atoms with Crippen molar-refractivity contribution in [3.05, 3.63) is 48.3 Å². The normalized spacial score (nSPS) is 13.3. The van der Waals surface area contributed by atoms with Crippen LogP contribution in [0.2, 0.25) is 0 Å². The van der Waals surface area contributed by atoms with Gasteiger partial charge in [-0.1, -0.05) is 25.5 Å². The summed E-state index contributed by atoms with van der Waals surface area (Å²) in [4.78, 5) is 15.6. The third-order valence-electron chi connectivity index (χ3n) is 3.94. The second kappa shape index (κ2) is 10.3. The van der Waals surface area contributed by atoms with E-state index in [0.717, 1.165) is 12.8 Å². The largest absolute Gasteiger partial charge is 0.382 e. The Labute approximate surface area is 157 Å². The Bertz CT molecular complexity index is 666. The molecule has 1 atom stereocenters. The maximum absolute atomic E-state index is 13.2. The molecule has 0 saturated carbocycles. The minimum atomic E-state index is -1.23. The third kappa shape index (κ3) is 6.42. The Hall–Kier alpha value is -1.93. The van der Waals surface area contributed by atoms with Crippen LogP contribution in [0.3, 0.4) is 0 Å². The highest BCUT2D eigenvalue weighted by Gasteiger charge is 2.30. The van der Waals surface area contributed by atoms with E-state index in [9.17, 15) is 14.3 Å². The summed E-state index contributed by atoms with van der Waals surface area (Å²) in [6.07, 6.45) is 5.35. The zero-order valence-electron chi connectivity index (χ0n) is 14.9. The molecule has 0 fully saturated rings. The number of unbranched alkanes of at least 4 members (excludes halogenated alkanes) is 1. The number of amides is 1. The number of nitrogens with zero attached hydrogens (tertiary/aromatic N) is 3. The van der Waals surface area contributed by atoms with Crippen LogP contribution >= 0.6 is 11.8 Å². The fourth-order valence-corrected chi connectivity index (χ4v) is 3.53. The zero-order valence-corrected chi connectivity index (χ0v) is 15.7. The molecular formula is C18H25FN4O2S. The summed E-state index contributed by atoms with van der Waals surface area (Å²) in [5, 5.41) is 18.1. The number of benzene rings is 1. The second-order valence-corrected chi connectivity index (χ2v) is 7.24. The van der Waals surface area contributed by atoms with Crippen molar-refractivity contribution in [3.8, 4) is 0 Å². The molecule has 0 bridgehead atoms. The smallest absolute Gasteiger partial charge is 0.220 e. The van der Waals surface area contributed by atoms with Crippen molar-refractivity contribution >= 4 is 17.7 Å². The molecule has 2 aromatic rings. The molecule has 0 aliphatic carbocycles. The lowest BCUT2D eigenvalue weighted by Gasteiger charge is -2.28. The molecule has 0 aliphatic heterocycles. The minimum Gasteiger partial charge on any atom is -0.382 e. The molecule has 1 unspecified atom stereocenters. The molecule has 0 spiro atoms. The lowest BCUT2D eigenvalue weighted by atomic mass is 9.96. The van der Waals surface area contributed by atoms with E-state index in [1.54, 1.807) is 16.8 Å². The van der Waals surface area contributed by atoms with Gasteiger partial charge in [0.1, 0.15) is 24.1 Å². The number of thioether (sulfide) groups is 1. The van der Waals surface area contributed by atoms with Gasteiger partial charge < -0.3 is 10.4 Å². The molecule has 6 nitrogen and oxygen atoms in total. The van der Waals surface area contributed by atoms with E-state index < -0.39 is 5.60 Å². The van der Waals surface area contributed by atoms with Gasteiger partial charge >= 0.3 is 0 Å². The summed E-state index contributed by atoms with van der Waals surface area (Å²) in [5.41, 5.74) is -0.626. The van der Waals surface area contributed by atoms with Gasteiger partial charge in [0.05, 0.1) is 6.54 Å². The fourth-order valence-electron chi connectivity index (χ4n) is 2.46. The Morgan fingerprint density at radius 3 is 2.81 bits per heavy atom. The van der Waals surface area contributed by atoms with Crippen LogP contribution in [0, 0.1) is 5.82 Å². The van der Waals surface area contributed by atoms with Crippen molar-refractivity contribution in [2.75, 3.05) is 18.1 Å². The molecular weight excluding hydrogens is 355 g/mol. The van der Waals surface area contributed by atoms with Crippen molar-refractivity contribution in [1.82, 2.24) is 20.1 Å².